The third-order valence-corrected chi connectivity index (χ3v) is 10.1. The number of ether oxygens (including phenoxy) is 3. The van der Waals surface area contributed by atoms with E-state index in [0.717, 1.165) is 100 Å². The summed E-state index contributed by atoms with van der Waals surface area (Å²) in [6.07, 6.45) is 7.86. The maximum absolute atomic E-state index is 12.9. The highest BCUT2D eigenvalue weighted by Gasteiger charge is 2.27. The second-order valence-electron chi connectivity index (χ2n) is 13.7. The molecule has 3 N–H and O–H groups in total. The molecule has 254 valence electrons. The first-order valence-corrected chi connectivity index (χ1v) is 17.9. The number of likely N-dealkylation sites (tertiary alicyclic amines) is 1. The summed E-state index contributed by atoms with van der Waals surface area (Å²) in [5.74, 6) is 2.78. The lowest BCUT2D eigenvalue weighted by Gasteiger charge is -2.31. The number of fused-ring (bicyclic) bond motifs is 3. The number of aromatic nitrogens is 3. The van der Waals surface area contributed by atoms with Gasteiger partial charge in [-0.1, -0.05) is 13.3 Å². The van der Waals surface area contributed by atoms with Gasteiger partial charge < -0.3 is 34.7 Å². The fourth-order valence-corrected chi connectivity index (χ4v) is 7.71. The molecule has 2 fully saturated rings. The predicted octanol–water partition coefficient (Wildman–Crippen LogP) is 6.02. The molecule has 3 aromatic rings. The third-order valence-electron chi connectivity index (χ3n) is 8.86. The Morgan fingerprint density at radius 1 is 1.11 bits per heavy atom. The standard InChI is InChI=1S/C34H52N6O5S/c1-5-6-8-27-38-29-30(40(27)22-23-12-18-44-19-13-23)31-25(37-32(29)35)21-26(46-31)24-10-15-39(16-11-24)28(41)9-7-17-43-20-14-36-33(42)45-34(2,3)4/h21,23-24H,5-20,22H2,1-4H3,(H2,35,37)(H,36,42). The van der Waals surface area contributed by atoms with Crippen LogP contribution in [0.15, 0.2) is 6.07 Å². The summed E-state index contributed by atoms with van der Waals surface area (Å²) in [4.78, 5) is 37.8. The van der Waals surface area contributed by atoms with Gasteiger partial charge in [0.15, 0.2) is 5.82 Å². The Morgan fingerprint density at radius 3 is 2.59 bits per heavy atom. The lowest BCUT2D eigenvalue weighted by Crippen LogP contribution is -2.37. The maximum Gasteiger partial charge on any atom is 0.407 e. The first kappa shape index (κ1) is 34.4. The Hall–Kier alpha value is -2.96. The number of nitrogens with one attached hydrogen (secondary N) is 1. The molecule has 0 unspecified atom stereocenters. The summed E-state index contributed by atoms with van der Waals surface area (Å²) >= 11 is 1.83. The Morgan fingerprint density at radius 2 is 1.87 bits per heavy atom. The van der Waals surface area contributed by atoms with E-state index in [0.29, 0.717) is 50.3 Å². The Balaban J connectivity index is 1.16. The number of hydrogen-bond acceptors (Lipinski definition) is 9. The highest BCUT2D eigenvalue weighted by Crippen LogP contribution is 2.40. The van der Waals surface area contributed by atoms with Gasteiger partial charge in [0, 0.05) is 63.7 Å². The van der Waals surface area contributed by atoms with Gasteiger partial charge in [-0.3, -0.25) is 4.79 Å². The highest BCUT2D eigenvalue weighted by molar-refractivity contribution is 7.20. The number of piperidine rings is 1. The van der Waals surface area contributed by atoms with Crippen LogP contribution in [0.2, 0.25) is 0 Å². The van der Waals surface area contributed by atoms with E-state index in [9.17, 15) is 9.59 Å². The number of pyridine rings is 1. The molecule has 0 saturated carbocycles. The molecule has 0 atom stereocenters. The molecule has 46 heavy (non-hydrogen) atoms. The van der Waals surface area contributed by atoms with Gasteiger partial charge in [-0.25, -0.2) is 14.8 Å². The van der Waals surface area contributed by atoms with Crippen LogP contribution < -0.4 is 11.1 Å². The molecule has 2 saturated heterocycles. The normalized spacial score (nSPS) is 16.8. The number of nitrogen functional groups attached to an aromatic ring is 1. The number of carbonyl (C=O) groups excluding carboxylic acids is 2. The SMILES string of the molecule is CCCCc1nc2c(N)nc3cc(C4CCN(C(=O)CCCOCCNC(=O)OC(C)(C)C)CC4)sc3c2n1CC1CCOCC1. The van der Waals surface area contributed by atoms with Crippen LogP contribution in [0.5, 0.6) is 0 Å². The quantitative estimate of drug-likeness (QED) is 0.213. The Kier molecular flexibility index (Phi) is 11.8. The van der Waals surface area contributed by atoms with E-state index in [2.05, 4.69) is 22.9 Å². The maximum atomic E-state index is 12.9. The number of rotatable bonds is 13. The first-order chi connectivity index (χ1) is 22.1. The molecule has 0 bridgehead atoms. The van der Waals surface area contributed by atoms with Crippen molar-refractivity contribution in [2.45, 2.75) is 104 Å². The number of aryl methyl sites for hydroxylation is 1. The van der Waals surface area contributed by atoms with Crippen molar-refractivity contribution in [1.82, 2.24) is 24.8 Å². The number of nitrogens with zero attached hydrogens (tertiary/aromatic N) is 4. The molecular weight excluding hydrogens is 604 g/mol. The molecule has 0 aromatic carbocycles. The summed E-state index contributed by atoms with van der Waals surface area (Å²) in [7, 11) is 0. The van der Waals surface area contributed by atoms with Crippen LogP contribution in [-0.4, -0.2) is 83.1 Å². The van der Waals surface area contributed by atoms with Gasteiger partial charge in [0.25, 0.3) is 0 Å². The molecule has 3 aromatic heterocycles. The fourth-order valence-electron chi connectivity index (χ4n) is 6.39. The van der Waals surface area contributed by atoms with Crippen molar-refractivity contribution < 1.29 is 23.8 Å². The van der Waals surface area contributed by atoms with Crippen molar-refractivity contribution in [3.8, 4) is 0 Å². The second kappa shape index (κ2) is 15.8. The minimum Gasteiger partial charge on any atom is -0.444 e. The number of unbranched alkanes of at least 4 members (excludes halogenated alkanes) is 1. The first-order valence-electron chi connectivity index (χ1n) is 17.1. The largest absolute Gasteiger partial charge is 0.444 e. The Labute approximate surface area is 276 Å². The number of thiophene rings is 1. The van der Waals surface area contributed by atoms with Gasteiger partial charge >= 0.3 is 6.09 Å². The molecule has 5 rings (SSSR count). The second-order valence-corrected chi connectivity index (χ2v) is 14.7. The van der Waals surface area contributed by atoms with Crippen molar-refractivity contribution in [3.05, 3.63) is 16.8 Å². The molecule has 0 radical (unpaired) electrons. The number of hydrogen-bond donors (Lipinski definition) is 2. The topological polar surface area (TPSA) is 134 Å². The third kappa shape index (κ3) is 8.89. The van der Waals surface area contributed by atoms with E-state index in [1.807, 2.05) is 37.0 Å². The van der Waals surface area contributed by atoms with E-state index in [1.165, 1.54) is 9.58 Å². The zero-order valence-electron chi connectivity index (χ0n) is 28.1. The molecule has 12 heteroatoms. The summed E-state index contributed by atoms with van der Waals surface area (Å²) in [6.45, 7) is 13.1. The van der Waals surface area contributed by atoms with Crippen LogP contribution in [0, 0.1) is 5.92 Å². The lowest BCUT2D eigenvalue weighted by atomic mass is 9.95. The van der Waals surface area contributed by atoms with Gasteiger partial charge in [-0.2, -0.15) is 0 Å². The van der Waals surface area contributed by atoms with E-state index in [4.69, 9.17) is 29.9 Å². The molecular formula is C34H52N6O5S. The summed E-state index contributed by atoms with van der Waals surface area (Å²) in [6, 6.07) is 2.23. The number of amides is 2. The number of imidazole rings is 1. The van der Waals surface area contributed by atoms with Crippen LogP contribution in [0.1, 0.15) is 95.7 Å². The monoisotopic (exact) mass is 656 g/mol. The molecule has 2 aliphatic rings. The van der Waals surface area contributed by atoms with Crippen LogP contribution in [0.4, 0.5) is 10.6 Å². The summed E-state index contributed by atoms with van der Waals surface area (Å²) in [5, 5.41) is 2.68. The van der Waals surface area contributed by atoms with Crippen LogP contribution in [0.25, 0.3) is 21.3 Å². The van der Waals surface area contributed by atoms with E-state index >= 15 is 0 Å². The molecule has 0 aliphatic carbocycles. The van der Waals surface area contributed by atoms with E-state index in [-0.39, 0.29) is 5.91 Å². The number of alkyl carbamates (subject to hydrolysis) is 1. The van der Waals surface area contributed by atoms with Gasteiger partial charge in [0.1, 0.15) is 16.9 Å². The van der Waals surface area contributed by atoms with E-state index < -0.39 is 11.7 Å². The number of anilines is 1. The van der Waals surface area contributed by atoms with Gasteiger partial charge in [-0.05, 0) is 77.2 Å². The zero-order valence-corrected chi connectivity index (χ0v) is 28.9. The van der Waals surface area contributed by atoms with Crippen molar-refractivity contribution in [2.24, 2.45) is 5.92 Å². The van der Waals surface area contributed by atoms with Crippen LogP contribution in [0.3, 0.4) is 0 Å². The number of carbonyl (C=O) groups is 2. The van der Waals surface area contributed by atoms with Gasteiger partial charge in [-0.15, -0.1) is 11.3 Å². The molecule has 2 amide bonds. The minimum atomic E-state index is -0.524. The molecule has 2 aliphatic heterocycles. The fraction of sp³-hybridized carbons (Fsp3) is 0.706. The number of nitrogens with two attached hydrogens (primary N) is 1. The zero-order chi connectivity index (χ0) is 32.7. The summed E-state index contributed by atoms with van der Waals surface area (Å²) < 4.78 is 20.1. The average molecular weight is 657 g/mol. The molecule has 5 heterocycles. The van der Waals surface area contributed by atoms with Crippen molar-refractivity contribution in [3.63, 3.8) is 0 Å². The van der Waals surface area contributed by atoms with E-state index in [1.54, 1.807) is 0 Å². The summed E-state index contributed by atoms with van der Waals surface area (Å²) in [5.41, 5.74) is 8.95. The van der Waals surface area contributed by atoms with Crippen molar-refractivity contribution >= 4 is 50.4 Å². The average Bonchev–Trinajstić information content (AvgIpc) is 3.61. The van der Waals surface area contributed by atoms with Crippen molar-refractivity contribution in [2.75, 3.05) is 51.8 Å². The Bertz CT molecular complexity index is 1470. The lowest BCUT2D eigenvalue weighted by molar-refractivity contribution is -0.132. The van der Waals surface area contributed by atoms with Gasteiger partial charge in [0.2, 0.25) is 5.91 Å². The predicted molar refractivity (Wildman–Crippen MR) is 182 cm³/mol. The minimum absolute atomic E-state index is 0.179. The molecule has 0 spiro atoms. The molecule has 11 nitrogen and oxygen atoms in total. The van der Waals surface area contributed by atoms with Crippen LogP contribution in [-0.2, 0) is 32.0 Å². The van der Waals surface area contributed by atoms with Crippen LogP contribution >= 0.6 is 11.3 Å². The highest BCUT2D eigenvalue weighted by atomic mass is 32.1. The van der Waals surface area contributed by atoms with Crippen molar-refractivity contribution in [1.29, 1.82) is 0 Å². The van der Waals surface area contributed by atoms with Gasteiger partial charge in [0.05, 0.1) is 22.3 Å². The smallest absolute Gasteiger partial charge is 0.407 e.